The summed E-state index contributed by atoms with van der Waals surface area (Å²) in [6.07, 6.45) is 4.51. The molecule has 1 N–H and O–H groups in total. The normalized spacial score (nSPS) is 10.7. The third kappa shape index (κ3) is 3.66. The lowest BCUT2D eigenvalue weighted by molar-refractivity contribution is 0.0947. The van der Waals surface area contributed by atoms with Gasteiger partial charge in [0, 0.05) is 32.5 Å². The summed E-state index contributed by atoms with van der Waals surface area (Å²) in [7, 11) is 1.79. The topological polar surface area (TPSA) is 64.7 Å². The van der Waals surface area contributed by atoms with Crippen LogP contribution in [0.25, 0.3) is 0 Å². The Morgan fingerprint density at radius 3 is 2.84 bits per heavy atom. The number of nitrogens with zero attached hydrogens (tertiary/aromatic N) is 4. The summed E-state index contributed by atoms with van der Waals surface area (Å²) in [6.45, 7) is 3.32. The fourth-order valence-corrected chi connectivity index (χ4v) is 1.99. The average Bonchev–Trinajstić information content (AvgIpc) is 2.92. The Morgan fingerprint density at radius 2 is 2.26 bits per heavy atom. The minimum absolute atomic E-state index is 0.140. The van der Waals surface area contributed by atoms with Gasteiger partial charge in [-0.1, -0.05) is 0 Å². The first-order chi connectivity index (χ1) is 9.06. The van der Waals surface area contributed by atoms with Crippen LogP contribution in [-0.4, -0.2) is 32.0 Å². The Morgan fingerprint density at radius 1 is 1.47 bits per heavy atom. The molecule has 1 amide bonds. The first kappa shape index (κ1) is 13.8. The largest absolute Gasteiger partial charge is 0.351 e. The molecule has 0 saturated heterocycles. The van der Waals surface area contributed by atoms with Gasteiger partial charge in [-0.25, -0.2) is 0 Å². The minimum atomic E-state index is -0.140. The predicted molar refractivity (Wildman–Crippen MR) is 74.8 cm³/mol. The maximum atomic E-state index is 11.7. The van der Waals surface area contributed by atoms with Crippen molar-refractivity contribution in [3.8, 4) is 0 Å². The lowest BCUT2D eigenvalue weighted by Gasteiger charge is -2.03. The van der Waals surface area contributed by atoms with Crippen molar-refractivity contribution in [1.82, 2.24) is 24.9 Å². The van der Waals surface area contributed by atoms with Crippen molar-refractivity contribution in [1.29, 1.82) is 0 Å². The predicted octanol–water partition coefficient (Wildman–Crippen LogP) is 1.51. The number of amides is 1. The second kappa shape index (κ2) is 6.01. The molecular weight excluding hydrogens is 310 g/mol. The van der Waals surface area contributed by atoms with E-state index in [4.69, 9.17) is 0 Å². The van der Waals surface area contributed by atoms with Crippen molar-refractivity contribution in [3.05, 3.63) is 34.3 Å². The SMILES string of the molecule is Cc1nn(CCCNC(=O)c2ccn(C)n2)cc1Br. The number of hydrogen-bond acceptors (Lipinski definition) is 3. The molecule has 2 aromatic rings. The van der Waals surface area contributed by atoms with Gasteiger partial charge in [0.25, 0.3) is 5.91 Å². The number of aromatic nitrogens is 4. The van der Waals surface area contributed by atoms with E-state index in [1.807, 2.05) is 17.8 Å². The highest BCUT2D eigenvalue weighted by Gasteiger charge is 2.07. The summed E-state index contributed by atoms with van der Waals surface area (Å²) in [5, 5.41) is 11.2. The summed E-state index contributed by atoms with van der Waals surface area (Å²) in [4.78, 5) is 11.7. The first-order valence-electron chi connectivity index (χ1n) is 6.03. The Hall–Kier alpha value is -1.63. The van der Waals surface area contributed by atoms with Crippen molar-refractivity contribution >= 4 is 21.8 Å². The first-order valence-corrected chi connectivity index (χ1v) is 6.83. The van der Waals surface area contributed by atoms with Gasteiger partial charge in [0.1, 0.15) is 5.69 Å². The molecule has 7 heteroatoms. The average molecular weight is 326 g/mol. The molecule has 0 unspecified atom stereocenters. The fraction of sp³-hybridized carbons (Fsp3) is 0.417. The zero-order valence-electron chi connectivity index (χ0n) is 10.9. The smallest absolute Gasteiger partial charge is 0.271 e. The zero-order chi connectivity index (χ0) is 13.8. The molecule has 0 aliphatic carbocycles. The molecule has 0 fully saturated rings. The maximum absolute atomic E-state index is 11.7. The summed E-state index contributed by atoms with van der Waals surface area (Å²) in [5.74, 6) is -0.140. The fourth-order valence-electron chi connectivity index (χ4n) is 1.68. The van der Waals surface area contributed by atoms with Gasteiger partial charge in [-0.2, -0.15) is 10.2 Å². The molecule has 0 aliphatic heterocycles. The molecule has 0 bridgehead atoms. The Labute approximate surface area is 119 Å². The van der Waals surface area contributed by atoms with Gasteiger partial charge in [-0.15, -0.1) is 0 Å². The lowest BCUT2D eigenvalue weighted by Crippen LogP contribution is -2.25. The van der Waals surface area contributed by atoms with E-state index < -0.39 is 0 Å². The maximum Gasteiger partial charge on any atom is 0.271 e. The van der Waals surface area contributed by atoms with Gasteiger partial charge in [-0.3, -0.25) is 14.2 Å². The van der Waals surface area contributed by atoms with Crippen LogP contribution in [0, 0.1) is 6.92 Å². The van der Waals surface area contributed by atoms with Crippen LogP contribution >= 0.6 is 15.9 Å². The molecule has 0 radical (unpaired) electrons. The molecule has 0 saturated carbocycles. The Kier molecular flexibility index (Phi) is 4.36. The van der Waals surface area contributed by atoms with E-state index in [2.05, 4.69) is 31.4 Å². The standard InChI is InChI=1S/C12H16BrN5O/c1-9-10(13)8-18(15-9)6-3-5-14-12(19)11-4-7-17(2)16-11/h4,7-8H,3,5-6H2,1-2H3,(H,14,19). The molecule has 0 atom stereocenters. The van der Waals surface area contributed by atoms with Crippen molar-refractivity contribution in [3.63, 3.8) is 0 Å². The number of halogens is 1. The summed E-state index contributed by atoms with van der Waals surface area (Å²) < 4.78 is 4.48. The van der Waals surface area contributed by atoms with E-state index in [9.17, 15) is 4.79 Å². The minimum Gasteiger partial charge on any atom is -0.351 e. The van der Waals surface area contributed by atoms with E-state index in [0.29, 0.717) is 12.2 Å². The van der Waals surface area contributed by atoms with E-state index in [0.717, 1.165) is 23.1 Å². The zero-order valence-corrected chi connectivity index (χ0v) is 12.5. The van der Waals surface area contributed by atoms with Crippen molar-refractivity contribution in [2.24, 2.45) is 7.05 Å². The molecule has 2 aromatic heterocycles. The molecule has 6 nitrogen and oxygen atoms in total. The number of aryl methyl sites for hydroxylation is 3. The van der Waals surface area contributed by atoms with Crippen LogP contribution in [-0.2, 0) is 13.6 Å². The highest BCUT2D eigenvalue weighted by atomic mass is 79.9. The molecule has 19 heavy (non-hydrogen) atoms. The molecule has 0 aliphatic rings. The van der Waals surface area contributed by atoms with E-state index in [-0.39, 0.29) is 5.91 Å². The number of nitrogens with one attached hydrogen (secondary N) is 1. The Bertz CT molecular complexity index is 555. The summed E-state index contributed by atoms with van der Waals surface area (Å²) in [6, 6.07) is 1.70. The molecule has 0 spiro atoms. The number of rotatable bonds is 5. The van der Waals surface area contributed by atoms with E-state index in [1.54, 1.807) is 24.0 Å². The molecular formula is C12H16BrN5O. The molecule has 0 aromatic carbocycles. The second-order valence-corrected chi connectivity index (χ2v) is 5.16. The summed E-state index contributed by atoms with van der Waals surface area (Å²) >= 11 is 3.42. The second-order valence-electron chi connectivity index (χ2n) is 4.31. The van der Waals surface area contributed by atoms with Crippen molar-refractivity contribution in [2.45, 2.75) is 19.9 Å². The van der Waals surface area contributed by atoms with Crippen molar-refractivity contribution in [2.75, 3.05) is 6.54 Å². The number of carbonyl (C=O) groups is 1. The van der Waals surface area contributed by atoms with Gasteiger partial charge in [0.05, 0.1) is 10.2 Å². The van der Waals surface area contributed by atoms with Gasteiger partial charge in [-0.05, 0) is 35.3 Å². The van der Waals surface area contributed by atoms with Gasteiger partial charge in [0.15, 0.2) is 0 Å². The quantitative estimate of drug-likeness (QED) is 0.847. The highest BCUT2D eigenvalue weighted by molar-refractivity contribution is 9.10. The van der Waals surface area contributed by atoms with Crippen LogP contribution in [0.15, 0.2) is 22.9 Å². The Balaban J connectivity index is 1.73. The van der Waals surface area contributed by atoms with Gasteiger partial charge >= 0.3 is 0 Å². The molecule has 102 valence electrons. The van der Waals surface area contributed by atoms with Crippen LogP contribution in [0.2, 0.25) is 0 Å². The lowest BCUT2D eigenvalue weighted by atomic mass is 10.3. The van der Waals surface area contributed by atoms with E-state index >= 15 is 0 Å². The summed E-state index contributed by atoms with van der Waals surface area (Å²) in [5.41, 5.74) is 1.41. The third-order valence-corrected chi connectivity index (χ3v) is 3.46. The van der Waals surface area contributed by atoms with Crippen LogP contribution in [0.4, 0.5) is 0 Å². The highest BCUT2D eigenvalue weighted by Crippen LogP contribution is 2.13. The van der Waals surface area contributed by atoms with Crippen LogP contribution in [0.1, 0.15) is 22.6 Å². The monoisotopic (exact) mass is 325 g/mol. The number of carbonyl (C=O) groups excluding carboxylic acids is 1. The number of hydrogen-bond donors (Lipinski definition) is 1. The van der Waals surface area contributed by atoms with Crippen molar-refractivity contribution < 1.29 is 4.79 Å². The van der Waals surface area contributed by atoms with Crippen LogP contribution in [0.3, 0.4) is 0 Å². The van der Waals surface area contributed by atoms with Gasteiger partial charge < -0.3 is 5.32 Å². The molecule has 2 rings (SSSR count). The molecule has 2 heterocycles. The van der Waals surface area contributed by atoms with Crippen LogP contribution < -0.4 is 5.32 Å². The van der Waals surface area contributed by atoms with Crippen LogP contribution in [0.5, 0.6) is 0 Å². The third-order valence-electron chi connectivity index (χ3n) is 2.68. The van der Waals surface area contributed by atoms with Gasteiger partial charge in [0.2, 0.25) is 0 Å². The van der Waals surface area contributed by atoms with E-state index in [1.165, 1.54) is 0 Å².